The molecule has 1 aromatic rings. The van der Waals surface area contributed by atoms with Crippen LogP contribution in [-0.4, -0.2) is 43.0 Å². The van der Waals surface area contributed by atoms with E-state index in [4.69, 9.17) is 4.55 Å². The predicted octanol–water partition coefficient (Wildman–Crippen LogP) is -1.81. The Morgan fingerprint density at radius 2 is 2.05 bits per heavy atom. The summed E-state index contributed by atoms with van der Waals surface area (Å²) < 4.78 is 30.0. The van der Waals surface area contributed by atoms with Gasteiger partial charge in [-0.15, -0.1) is 0 Å². The maximum absolute atomic E-state index is 10.7. The van der Waals surface area contributed by atoms with Crippen molar-refractivity contribution in [1.29, 1.82) is 0 Å². The zero-order chi connectivity index (χ0) is 13.8. The maximum atomic E-state index is 10.7. The number of benzene rings is 1. The zero-order valence-corrected chi connectivity index (χ0v) is 14.4. The summed E-state index contributed by atoms with van der Waals surface area (Å²) in [6.07, 6.45) is -1.11. The van der Waals surface area contributed by atoms with Gasteiger partial charge in [0.15, 0.2) is 0 Å². The van der Waals surface area contributed by atoms with Crippen LogP contribution in [-0.2, 0) is 10.1 Å². The molecule has 19 heavy (non-hydrogen) atoms. The van der Waals surface area contributed by atoms with Gasteiger partial charge in [0.1, 0.15) is 5.75 Å². The van der Waals surface area contributed by atoms with Crippen LogP contribution in [0.5, 0.6) is 0 Å². The molecule has 5 nitrogen and oxygen atoms in total. The SMILES string of the molecule is CCN(CC(O)CS(=O)(=O)O)c1cccc(C)c1.[H-].[Na+]. The van der Waals surface area contributed by atoms with E-state index in [1.165, 1.54) is 0 Å². The maximum Gasteiger partial charge on any atom is 1.00 e. The zero-order valence-electron chi connectivity index (χ0n) is 12.6. The van der Waals surface area contributed by atoms with Crippen LogP contribution in [0.1, 0.15) is 13.9 Å². The van der Waals surface area contributed by atoms with Crippen LogP contribution in [0.4, 0.5) is 5.69 Å². The van der Waals surface area contributed by atoms with Crippen molar-refractivity contribution < 1.29 is 49.1 Å². The topological polar surface area (TPSA) is 77.8 Å². The number of nitrogens with zero attached hydrogens (tertiary/aromatic N) is 1. The number of hydrogen-bond donors (Lipinski definition) is 2. The first-order valence-electron chi connectivity index (χ1n) is 5.76. The van der Waals surface area contributed by atoms with E-state index in [-0.39, 0.29) is 37.5 Å². The summed E-state index contributed by atoms with van der Waals surface area (Å²) in [7, 11) is -4.14. The smallest absolute Gasteiger partial charge is 1.00 e. The molecule has 1 unspecified atom stereocenters. The van der Waals surface area contributed by atoms with Crippen molar-refractivity contribution in [2.24, 2.45) is 0 Å². The van der Waals surface area contributed by atoms with Crippen LogP contribution in [0.15, 0.2) is 24.3 Å². The molecule has 0 heterocycles. The summed E-state index contributed by atoms with van der Waals surface area (Å²) >= 11 is 0. The van der Waals surface area contributed by atoms with Crippen LogP contribution in [0, 0.1) is 6.92 Å². The Balaban J connectivity index is 0. The van der Waals surface area contributed by atoms with Crippen molar-refractivity contribution in [3.05, 3.63) is 29.8 Å². The van der Waals surface area contributed by atoms with Crippen molar-refractivity contribution in [2.75, 3.05) is 23.7 Å². The quantitative estimate of drug-likeness (QED) is 0.478. The molecular weight excluding hydrogens is 277 g/mol. The molecule has 1 atom stereocenters. The molecule has 0 saturated carbocycles. The number of hydrogen-bond acceptors (Lipinski definition) is 4. The summed E-state index contributed by atoms with van der Waals surface area (Å²) in [6.45, 7) is 4.69. The van der Waals surface area contributed by atoms with Crippen LogP contribution in [0.3, 0.4) is 0 Å². The summed E-state index contributed by atoms with van der Waals surface area (Å²) in [4.78, 5) is 1.86. The summed E-state index contributed by atoms with van der Waals surface area (Å²) in [5.74, 6) is -0.644. The third kappa shape index (κ3) is 7.29. The van der Waals surface area contributed by atoms with E-state index in [1.54, 1.807) is 0 Å². The van der Waals surface area contributed by atoms with E-state index in [9.17, 15) is 13.5 Å². The Morgan fingerprint density at radius 1 is 1.42 bits per heavy atom. The Morgan fingerprint density at radius 3 is 2.53 bits per heavy atom. The van der Waals surface area contributed by atoms with Gasteiger partial charge in [0.2, 0.25) is 0 Å². The van der Waals surface area contributed by atoms with Gasteiger partial charge >= 0.3 is 29.6 Å². The third-order valence-corrected chi connectivity index (χ3v) is 3.39. The first kappa shape index (κ1) is 18.9. The fraction of sp³-hybridized carbons (Fsp3) is 0.500. The number of aliphatic hydroxyl groups excluding tert-OH is 1. The molecule has 0 bridgehead atoms. The fourth-order valence-electron chi connectivity index (χ4n) is 1.79. The molecule has 0 saturated heterocycles. The molecule has 0 aliphatic carbocycles. The Bertz CT molecular complexity index is 498. The molecular formula is C12H20NNaO4S. The summed E-state index contributed by atoms with van der Waals surface area (Å²) in [5, 5.41) is 9.64. The molecule has 1 rings (SSSR count). The molecule has 0 aliphatic rings. The van der Waals surface area contributed by atoms with Gasteiger partial charge in [-0.3, -0.25) is 4.55 Å². The standard InChI is InChI=1S/C12H19NO4S.Na.H/c1-3-13(8-12(14)9-18(15,16)17)11-6-4-5-10(2)7-11;;/h4-7,12,14H,3,8-9H2,1-2H3,(H,15,16,17);;/q;+1;-1. The van der Waals surface area contributed by atoms with E-state index in [2.05, 4.69) is 0 Å². The first-order valence-corrected chi connectivity index (χ1v) is 7.37. The van der Waals surface area contributed by atoms with Crippen LogP contribution in [0.25, 0.3) is 0 Å². The largest absolute Gasteiger partial charge is 1.00 e. The second-order valence-electron chi connectivity index (χ2n) is 4.28. The molecule has 2 N–H and O–H groups in total. The number of rotatable bonds is 6. The second kappa shape index (κ2) is 8.24. The van der Waals surface area contributed by atoms with Gasteiger partial charge in [-0.2, -0.15) is 8.42 Å². The van der Waals surface area contributed by atoms with E-state index < -0.39 is 22.0 Å². The summed E-state index contributed by atoms with van der Waals surface area (Å²) in [6, 6.07) is 7.73. The van der Waals surface area contributed by atoms with Crippen molar-refractivity contribution in [3.63, 3.8) is 0 Å². The molecule has 104 valence electrons. The Hall–Kier alpha value is -0.110. The van der Waals surface area contributed by atoms with Crippen molar-refractivity contribution in [2.45, 2.75) is 20.0 Å². The van der Waals surface area contributed by atoms with Gasteiger partial charge in [-0.1, -0.05) is 12.1 Å². The van der Waals surface area contributed by atoms with Crippen LogP contribution < -0.4 is 34.5 Å². The van der Waals surface area contributed by atoms with Crippen molar-refractivity contribution in [3.8, 4) is 0 Å². The fourth-order valence-corrected chi connectivity index (χ4v) is 2.38. The predicted molar refractivity (Wildman–Crippen MR) is 72.6 cm³/mol. The minimum absolute atomic E-state index is 0. The van der Waals surface area contributed by atoms with Crippen molar-refractivity contribution >= 4 is 15.8 Å². The molecule has 7 heteroatoms. The summed E-state index contributed by atoms with van der Waals surface area (Å²) in [5.41, 5.74) is 2.02. The van der Waals surface area contributed by atoms with Crippen LogP contribution >= 0.6 is 0 Å². The molecule has 0 aliphatic heterocycles. The van der Waals surface area contributed by atoms with E-state index in [0.29, 0.717) is 6.54 Å². The van der Waals surface area contributed by atoms with Gasteiger partial charge in [0, 0.05) is 18.8 Å². The first-order chi connectivity index (χ1) is 8.31. The molecule has 0 amide bonds. The van der Waals surface area contributed by atoms with Gasteiger partial charge in [0.05, 0.1) is 6.10 Å². The molecule has 1 aromatic carbocycles. The normalized spacial score (nSPS) is 12.6. The van der Waals surface area contributed by atoms with E-state index in [1.807, 2.05) is 43.0 Å². The van der Waals surface area contributed by atoms with Crippen LogP contribution in [0.2, 0.25) is 0 Å². The average molecular weight is 297 g/mol. The minimum Gasteiger partial charge on any atom is -1.00 e. The molecule has 0 radical (unpaired) electrons. The number of likely N-dealkylation sites (N-methyl/N-ethyl adjacent to an activating group) is 1. The van der Waals surface area contributed by atoms with Gasteiger partial charge in [-0.25, -0.2) is 0 Å². The van der Waals surface area contributed by atoms with E-state index >= 15 is 0 Å². The Kier molecular flexibility index (Phi) is 8.19. The second-order valence-corrected chi connectivity index (χ2v) is 5.78. The van der Waals surface area contributed by atoms with Gasteiger partial charge in [-0.05, 0) is 31.5 Å². The Labute approximate surface area is 138 Å². The van der Waals surface area contributed by atoms with E-state index in [0.717, 1.165) is 11.3 Å². The monoisotopic (exact) mass is 297 g/mol. The number of anilines is 1. The number of aliphatic hydroxyl groups is 1. The van der Waals surface area contributed by atoms with Gasteiger partial charge in [0.25, 0.3) is 10.1 Å². The molecule has 0 aromatic heterocycles. The molecule has 0 spiro atoms. The number of aryl methyl sites for hydroxylation is 1. The average Bonchev–Trinajstić information content (AvgIpc) is 2.23. The van der Waals surface area contributed by atoms with Gasteiger partial charge < -0.3 is 11.4 Å². The van der Waals surface area contributed by atoms with Crippen molar-refractivity contribution in [1.82, 2.24) is 0 Å². The molecule has 0 fully saturated rings. The third-order valence-electron chi connectivity index (χ3n) is 2.58. The minimum atomic E-state index is -4.14.